The Balaban J connectivity index is 1.88. The van der Waals surface area contributed by atoms with E-state index in [0.717, 1.165) is 10.5 Å². The molecule has 3 aromatic rings. The molecule has 0 radical (unpaired) electrons. The monoisotopic (exact) mass is 452 g/mol. The van der Waals surface area contributed by atoms with Gasteiger partial charge in [0.05, 0.1) is 18.4 Å². The third-order valence-electron chi connectivity index (χ3n) is 5.07. The summed E-state index contributed by atoms with van der Waals surface area (Å²) < 4.78 is 5.46. The highest BCUT2D eigenvalue weighted by molar-refractivity contribution is 6.46. The molecule has 0 saturated carbocycles. The van der Waals surface area contributed by atoms with Gasteiger partial charge in [0.2, 0.25) is 0 Å². The lowest BCUT2D eigenvalue weighted by molar-refractivity contribution is -0.120. The molecule has 0 aliphatic carbocycles. The highest BCUT2D eigenvalue weighted by Gasteiger charge is 2.41. The summed E-state index contributed by atoms with van der Waals surface area (Å²) >= 11 is 12.2. The first-order chi connectivity index (χ1) is 14.9. The molecule has 31 heavy (non-hydrogen) atoms. The number of carbonyl (C=O) groups excluding carboxylic acids is 2. The van der Waals surface area contributed by atoms with Crippen molar-refractivity contribution in [3.63, 3.8) is 0 Å². The maximum absolute atomic E-state index is 13.5. The normalized spacial score (nSPS) is 13.7. The first kappa shape index (κ1) is 21.0. The minimum absolute atomic E-state index is 0.148. The van der Waals surface area contributed by atoms with Gasteiger partial charge in [0.25, 0.3) is 11.8 Å². The summed E-state index contributed by atoms with van der Waals surface area (Å²) in [6.07, 6.45) is 0. The molecule has 0 spiro atoms. The molecular weight excluding hydrogens is 435 g/mol. The van der Waals surface area contributed by atoms with Crippen LogP contribution >= 0.6 is 23.2 Å². The topological polar surface area (TPSA) is 58.6 Å². The van der Waals surface area contributed by atoms with E-state index in [0.29, 0.717) is 32.7 Å². The van der Waals surface area contributed by atoms with Gasteiger partial charge in [-0.1, -0.05) is 47.5 Å². The predicted octanol–water partition coefficient (Wildman–Crippen LogP) is 5.71. The lowest BCUT2D eigenvalue weighted by Crippen LogP contribution is -2.32. The van der Waals surface area contributed by atoms with Crippen LogP contribution in [-0.4, -0.2) is 18.9 Å². The third-order valence-corrected chi connectivity index (χ3v) is 5.73. The maximum atomic E-state index is 13.5. The van der Waals surface area contributed by atoms with Crippen molar-refractivity contribution in [2.24, 2.45) is 0 Å². The molecule has 7 heteroatoms. The zero-order valence-electron chi connectivity index (χ0n) is 16.8. The van der Waals surface area contributed by atoms with E-state index in [-0.39, 0.29) is 11.3 Å². The molecule has 1 aliphatic heterocycles. The summed E-state index contributed by atoms with van der Waals surface area (Å²) in [6, 6.07) is 18.9. The Bertz CT molecular complexity index is 1220. The summed E-state index contributed by atoms with van der Waals surface area (Å²) in [6.45, 7) is 1.84. The second kappa shape index (κ2) is 8.46. The number of ether oxygens (including phenoxy) is 1. The number of anilines is 2. The van der Waals surface area contributed by atoms with Crippen LogP contribution in [0.4, 0.5) is 11.4 Å². The first-order valence-corrected chi connectivity index (χ1v) is 10.2. The van der Waals surface area contributed by atoms with Crippen LogP contribution in [0.15, 0.2) is 72.4 Å². The Morgan fingerprint density at radius 2 is 1.58 bits per heavy atom. The molecule has 3 aromatic carbocycles. The summed E-state index contributed by atoms with van der Waals surface area (Å²) in [5, 5.41) is 4.20. The summed E-state index contributed by atoms with van der Waals surface area (Å²) in [7, 11) is 1.52. The van der Waals surface area contributed by atoms with Gasteiger partial charge in [0.15, 0.2) is 0 Å². The van der Waals surface area contributed by atoms with Gasteiger partial charge in [-0.05, 0) is 55.0 Å². The van der Waals surface area contributed by atoms with Gasteiger partial charge in [0, 0.05) is 21.3 Å². The van der Waals surface area contributed by atoms with Crippen LogP contribution in [0, 0.1) is 6.92 Å². The zero-order valence-corrected chi connectivity index (χ0v) is 18.3. The number of methoxy groups -OCH3 is 1. The van der Waals surface area contributed by atoms with Crippen LogP contribution in [0.1, 0.15) is 11.1 Å². The van der Waals surface area contributed by atoms with Gasteiger partial charge < -0.3 is 10.1 Å². The molecule has 0 atom stereocenters. The standard InChI is InChI=1S/C24H18Cl2N2O3/c1-14-18(26)7-5-8-19(14)27-22-21(17-6-3-4-9-20(17)31-2)23(29)28(24(22)30)16-12-10-15(25)11-13-16/h3-13,27H,1-2H3. The van der Waals surface area contributed by atoms with Crippen LogP contribution in [0.2, 0.25) is 10.0 Å². The second-order valence-electron chi connectivity index (χ2n) is 6.91. The Morgan fingerprint density at radius 3 is 2.29 bits per heavy atom. The molecule has 5 nitrogen and oxygen atoms in total. The van der Waals surface area contributed by atoms with Gasteiger partial charge in [-0.25, -0.2) is 4.90 Å². The first-order valence-electron chi connectivity index (χ1n) is 9.46. The van der Waals surface area contributed by atoms with E-state index in [1.807, 2.05) is 6.92 Å². The molecular formula is C24H18Cl2N2O3. The molecule has 2 amide bonds. The average molecular weight is 453 g/mol. The van der Waals surface area contributed by atoms with Crippen molar-refractivity contribution in [3.05, 3.63) is 93.6 Å². The number of nitrogens with one attached hydrogen (secondary N) is 1. The Morgan fingerprint density at radius 1 is 0.871 bits per heavy atom. The minimum Gasteiger partial charge on any atom is -0.496 e. The van der Waals surface area contributed by atoms with Gasteiger partial charge in [-0.2, -0.15) is 0 Å². The lowest BCUT2D eigenvalue weighted by Gasteiger charge is -2.16. The Kier molecular flexibility index (Phi) is 5.72. The van der Waals surface area contributed by atoms with E-state index in [4.69, 9.17) is 27.9 Å². The Hall–Kier alpha value is -3.28. The molecule has 4 rings (SSSR count). The molecule has 0 fully saturated rings. The van der Waals surface area contributed by atoms with Crippen molar-refractivity contribution < 1.29 is 14.3 Å². The van der Waals surface area contributed by atoms with E-state index in [1.54, 1.807) is 66.7 Å². The van der Waals surface area contributed by atoms with Crippen LogP contribution < -0.4 is 15.0 Å². The van der Waals surface area contributed by atoms with Crippen LogP contribution in [0.25, 0.3) is 5.57 Å². The summed E-state index contributed by atoms with van der Waals surface area (Å²) in [5.41, 5.74) is 2.70. The molecule has 0 aromatic heterocycles. The van der Waals surface area contributed by atoms with E-state index >= 15 is 0 Å². The van der Waals surface area contributed by atoms with Crippen molar-refractivity contribution in [2.45, 2.75) is 6.92 Å². The molecule has 1 heterocycles. The number of halogens is 2. The number of benzene rings is 3. The van der Waals surface area contributed by atoms with E-state index in [9.17, 15) is 9.59 Å². The second-order valence-corrected chi connectivity index (χ2v) is 7.75. The number of hydrogen-bond acceptors (Lipinski definition) is 4. The SMILES string of the molecule is COc1ccccc1C1=C(Nc2cccc(Cl)c2C)C(=O)N(c2ccc(Cl)cc2)C1=O. The highest BCUT2D eigenvalue weighted by Crippen LogP contribution is 2.38. The molecule has 0 saturated heterocycles. The Labute approximate surface area is 189 Å². The molecule has 1 N–H and O–H groups in total. The quantitative estimate of drug-likeness (QED) is 0.503. The van der Waals surface area contributed by atoms with Crippen LogP contribution in [-0.2, 0) is 9.59 Å². The number of hydrogen-bond donors (Lipinski definition) is 1. The van der Waals surface area contributed by atoms with Crippen molar-refractivity contribution >= 4 is 52.0 Å². The number of amides is 2. The van der Waals surface area contributed by atoms with Gasteiger partial charge >= 0.3 is 0 Å². The van der Waals surface area contributed by atoms with E-state index in [1.165, 1.54) is 7.11 Å². The number of imide groups is 1. The number of rotatable bonds is 5. The van der Waals surface area contributed by atoms with Crippen LogP contribution in [0.3, 0.4) is 0 Å². The van der Waals surface area contributed by atoms with Gasteiger partial charge in [-0.3, -0.25) is 9.59 Å². The summed E-state index contributed by atoms with van der Waals surface area (Å²) in [4.78, 5) is 28.1. The van der Waals surface area contributed by atoms with Crippen molar-refractivity contribution in [1.29, 1.82) is 0 Å². The maximum Gasteiger partial charge on any atom is 0.282 e. The molecule has 1 aliphatic rings. The van der Waals surface area contributed by atoms with Crippen molar-refractivity contribution in [1.82, 2.24) is 0 Å². The average Bonchev–Trinajstić information content (AvgIpc) is 3.01. The smallest absolute Gasteiger partial charge is 0.282 e. The number of carbonyl (C=O) groups is 2. The lowest BCUT2D eigenvalue weighted by atomic mass is 10.0. The number of para-hydroxylation sites is 1. The van der Waals surface area contributed by atoms with Crippen LogP contribution in [0.5, 0.6) is 5.75 Å². The van der Waals surface area contributed by atoms with E-state index < -0.39 is 11.8 Å². The molecule has 0 bridgehead atoms. The van der Waals surface area contributed by atoms with Gasteiger partial charge in [-0.15, -0.1) is 0 Å². The summed E-state index contributed by atoms with van der Waals surface area (Å²) in [5.74, 6) is -0.453. The van der Waals surface area contributed by atoms with Crippen molar-refractivity contribution in [2.75, 3.05) is 17.3 Å². The number of nitrogens with zero attached hydrogens (tertiary/aromatic N) is 1. The molecule has 156 valence electrons. The highest BCUT2D eigenvalue weighted by atomic mass is 35.5. The molecule has 0 unspecified atom stereocenters. The minimum atomic E-state index is -0.479. The fourth-order valence-electron chi connectivity index (χ4n) is 3.45. The van der Waals surface area contributed by atoms with Crippen molar-refractivity contribution in [3.8, 4) is 5.75 Å². The predicted molar refractivity (Wildman–Crippen MR) is 124 cm³/mol. The fraction of sp³-hybridized carbons (Fsp3) is 0.0833. The van der Waals surface area contributed by atoms with Gasteiger partial charge in [0.1, 0.15) is 11.4 Å². The zero-order chi connectivity index (χ0) is 22.1. The fourth-order valence-corrected chi connectivity index (χ4v) is 3.75. The van der Waals surface area contributed by atoms with E-state index in [2.05, 4.69) is 5.32 Å². The third kappa shape index (κ3) is 3.78. The largest absolute Gasteiger partial charge is 0.496 e.